The fraction of sp³-hybridized carbons (Fsp3) is 1.00. The highest BCUT2D eigenvalue weighted by Gasteiger charge is 2.21. The molecular weight excluding hydrogens is 122 g/mol. The number of halogens is 2. The van der Waals surface area contributed by atoms with Gasteiger partial charge in [-0.15, -0.1) is 0 Å². The molecule has 0 spiro atoms. The van der Waals surface area contributed by atoms with E-state index in [1.807, 2.05) is 0 Å². The van der Waals surface area contributed by atoms with Crippen LogP contribution < -0.4 is 0 Å². The van der Waals surface area contributed by atoms with E-state index in [9.17, 15) is 8.78 Å². The summed E-state index contributed by atoms with van der Waals surface area (Å²) in [6, 6.07) is 0. The first-order valence-electron chi connectivity index (χ1n) is 3.59. The fourth-order valence-electron chi connectivity index (χ4n) is 1.22. The highest BCUT2D eigenvalue weighted by Crippen LogP contribution is 2.22. The van der Waals surface area contributed by atoms with Crippen molar-refractivity contribution >= 4 is 0 Å². The molecule has 0 heterocycles. The lowest BCUT2D eigenvalue weighted by Gasteiger charge is -2.06. The van der Waals surface area contributed by atoms with Gasteiger partial charge in [-0.3, -0.25) is 0 Å². The van der Waals surface area contributed by atoms with Gasteiger partial charge in [0.1, 0.15) is 12.3 Å². The quantitative estimate of drug-likeness (QED) is 0.447. The van der Waals surface area contributed by atoms with Gasteiger partial charge in [0.15, 0.2) is 0 Å². The molecule has 0 saturated heterocycles. The van der Waals surface area contributed by atoms with Gasteiger partial charge in [0.05, 0.1) is 0 Å². The Labute approximate surface area is 54.3 Å². The number of alkyl halides is 2. The molecule has 9 heavy (non-hydrogen) atoms. The predicted molar refractivity (Wildman–Crippen MR) is 32.9 cm³/mol. The van der Waals surface area contributed by atoms with E-state index in [0.717, 1.165) is 19.3 Å². The zero-order chi connectivity index (χ0) is 6.69. The average Bonchev–Trinajstić information content (AvgIpc) is 1.99. The monoisotopic (exact) mass is 134 g/mol. The minimum Gasteiger partial charge on any atom is -0.244 e. The van der Waals surface area contributed by atoms with Crippen molar-refractivity contribution in [3.63, 3.8) is 0 Å². The second kappa shape index (κ2) is 3.14. The van der Waals surface area contributed by atoms with Crippen molar-refractivity contribution in [1.29, 1.82) is 0 Å². The average molecular weight is 134 g/mol. The molecule has 1 rings (SSSR count). The third-order valence-corrected chi connectivity index (χ3v) is 1.85. The van der Waals surface area contributed by atoms with Gasteiger partial charge >= 0.3 is 0 Å². The zero-order valence-corrected chi connectivity index (χ0v) is 5.45. The van der Waals surface area contributed by atoms with Crippen molar-refractivity contribution in [3.8, 4) is 0 Å². The second-order valence-corrected chi connectivity index (χ2v) is 2.67. The molecule has 0 amide bonds. The van der Waals surface area contributed by atoms with Gasteiger partial charge in [-0.2, -0.15) is 0 Å². The Kier molecular flexibility index (Phi) is 2.43. The molecule has 2 heteroatoms. The summed E-state index contributed by atoms with van der Waals surface area (Å²) < 4.78 is 24.9. The summed E-state index contributed by atoms with van der Waals surface area (Å²) in [5, 5.41) is 0. The van der Waals surface area contributed by atoms with Gasteiger partial charge < -0.3 is 0 Å². The van der Waals surface area contributed by atoms with Gasteiger partial charge in [-0.25, -0.2) is 8.78 Å². The Morgan fingerprint density at radius 2 is 1.22 bits per heavy atom. The molecule has 54 valence electrons. The summed E-state index contributed by atoms with van der Waals surface area (Å²) in [7, 11) is 0. The predicted octanol–water partition coefficient (Wildman–Crippen LogP) is 2.63. The SMILES string of the molecule is FC1CCCCCC1F. The van der Waals surface area contributed by atoms with Crippen LogP contribution in [0.4, 0.5) is 8.78 Å². The molecule has 0 aromatic heterocycles. The molecule has 1 aliphatic rings. The van der Waals surface area contributed by atoms with Crippen molar-refractivity contribution in [2.75, 3.05) is 0 Å². The Hall–Kier alpha value is -0.140. The summed E-state index contributed by atoms with van der Waals surface area (Å²) in [6.07, 6.45) is 1.24. The molecule has 0 aliphatic heterocycles. The summed E-state index contributed by atoms with van der Waals surface area (Å²) in [4.78, 5) is 0. The first-order valence-corrected chi connectivity index (χ1v) is 3.59. The molecule has 0 aromatic rings. The largest absolute Gasteiger partial charge is 0.244 e. The van der Waals surface area contributed by atoms with Crippen LogP contribution in [0.1, 0.15) is 32.1 Å². The van der Waals surface area contributed by atoms with Gasteiger partial charge in [0.25, 0.3) is 0 Å². The zero-order valence-electron chi connectivity index (χ0n) is 5.45. The van der Waals surface area contributed by atoms with E-state index < -0.39 is 12.3 Å². The van der Waals surface area contributed by atoms with Crippen LogP contribution in [-0.4, -0.2) is 12.3 Å². The topological polar surface area (TPSA) is 0 Å². The molecule has 0 nitrogen and oxygen atoms in total. The molecule has 2 unspecified atom stereocenters. The van der Waals surface area contributed by atoms with Crippen LogP contribution in [0.2, 0.25) is 0 Å². The van der Waals surface area contributed by atoms with E-state index in [1.165, 1.54) is 0 Å². The number of hydrogen-bond donors (Lipinski definition) is 0. The summed E-state index contributed by atoms with van der Waals surface area (Å²) in [5.74, 6) is 0. The molecule has 1 saturated carbocycles. The van der Waals surface area contributed by atoms with E-state index in [2.05, 4.69) is 0 Å². The molecule has 2 atom stereocenters. The Morgan fingerprint density at radius 3 is 1.67 bits per heavy atom. The van der Waals surface area contributed by atoms with Crippen molar-refractivity contribution in [2.24, 2.45) is 0 Å². The number of hydrogen-bond acceptors (Lipinski definition) is 0. The summed E-state index contributed by atoms with van der Waals surface area (Å²) in [5.41, 5.74) is 0. The van der Waals surface area contributed by atoms with Crippen molar-refractivity contribution in [2.45, 2.75) is 44.4 Å². The first-order chi connectivity index (χ1) is 4.30. The Bertz CT molecular complexity index is 73.0. The Morgan fingerprint density at radius 1 is 0.778 bits per heavy atom. The van der Waals surface area contributed by atoms with E-state index in [1.54, 1.807) is 0 Å². The maximum atomic E-state index is 12.5. The normalized spacial score (nSPS) is 38.0. The lowest BCUT2D eigenvalue weighted by atomic mass is 10.1. The number of rotatable bonds is 0. The summed E-state index contributed by atoms with van der Waals surface area (Å²) >= 11 is 0. The minimum absolute atomic E-state index is 0.432. The highest BCUT2D eigenvalue weighted by molar-refractivity contribution is 4.71. The van der Waals surface area contributed by atoms with Crippen molar-refractivity contribution < 1.29 is 8.78 Å². The van der Waals surface area contributed by atoms with Crippen LogP contribution in [0.25, 0.3) is 0 Å². The van der Waals surface area contributed by atoms with Crippen LogP contribution in [0, 0.1) is 0 Å². The second-order valence-electron chi connectivity index (χ2n) is 2.67. The van der Waals surface area contributed by atoms with Crippen LogP contribution in [0.3, 0.4) is 0 Å². The summed E-state index contributed by atoms with van der Waals surface area (Å²) in [6.45, 7) is 0. The molecule has 1 aliphatic carbocycles. The van der Waals surface area contributed by atoms with E-state index in [0.29, 0.717) is 12.8 Å². The third kappa shape index (κ3) is 1.92. The first kappa shape index (κ1) is 6.97. The van der Waals surface area contributed by atoms with E-state index >= 15 is 0 Å². The third-order valence-electron chi connectivity index (χ3n) is 1.85. The van der Waals surface area contributed by atoms with Gasteiger partial charge in [0.2, 0.25) is 0 Å². The molecule has 0 aromatic carbocycles. The maximum absolute atomic E-state index is 12.5. The van der Waals surface area contributed by atoms with Gasteiger partial charge in [0, 0.05) is 0 Å². The molecule has 0 N–H and O–H groups in total. The van der Waals surface area contributed by atoms with Crippen molar-refractivity contribution in [3.05, 3.63) is 0 Å². The van der Waals surface area contributed by atoms with Crippen molar-refractivity contribution in [1.82, 2.24) is 0 Å². The molecule has 0 radical (unpaired) electrons. The fourth-order valence-corrected chi connectivity index (χ4v) is 1.22. The van der Waals surface area contributed by atoms with Gasteiger partial charge in [-0.1, -0.05) is 19.3 Å². The van der Waals surface area contributed by atoms with E-state index in [4.69, 9.17) is 0 Å². The van der Waals surface area contributed by atoms with Crippen LogP contribution in [-0.2, 0) is 0 Å². The van der Waals surface area contributed by atoms with E-state index in [-0.39, 0.29) is 0 Å². The maximum Gasteiger partial charge on any atom is 0.131 e. The van der Waals surface area contributed by atoms with Crippen LogP contribution in [0.15, 0.2) is 0 Å². The van der Waals surface area contributed by atoms with Crippen LogP contribution in [0.5, 0.6) is 0 Å². The molecule has 1 fully saturated rings. The van der Waals surface area contributed by atoms with Crippen LogP contribution >= 0.6 is 0 Å². The Balaban J connectivity index is 2.32. The minimum atomic E-state index is -1.17. The lowest BCUT2D eigenvalue weighted by Crippen LogP contribution is -2.14. The standard InChI is InChI=1S/C7H12F2/c8-6-4-2-1-3-5-7(6)9/h6-7H,1-5H2. The molecular formula is C7H12F2. The molecule has 0 bridgehead atoms. The van der Waals surface area contributed by atoms with Gasteiger partial charge in [-0.05, 0) is 12.8 Å². The lowest BCUT2D eigenvalue weighted by molar-refractivity contribution is 0.158. The smallest absolute Gasteiger partial charge is 0.131 e. The highest BCUT2D eigenvalue weighted by atomic mass is 19.2.